The van der Waals surface area contributed by atoms with E-state index in [1.54, 1.807) is 60.8 Å². The van der Waals surface area contributed by atoms with E-state index in [2.05, 4.69) is 15.5 Å². The number of hydrazone groups is 1. The fourth-order valence-electron chi connectivity index (χ4n) is 2.69. The van der Waals surface area contributed by atoms with E-state index in [4.69, 9.17) is 4.74 Å². The normalized spacial score (nSPS) is 11.3. The van der Waals surface area contributed by atoms with Gasteiger partial charge in [0.15, 0.2) is 0 Å². The van der Waals surface area contributed by atoms with Crippen LogP contribution in [0.15, 0.2) is 82.9 Å². The third kappa shape index (κ3) is 5.67. The van der Waals surface area contributed by atoms with Crippen LogP contribution in [0.3, 0.4) is 0 Å². The summed E-state index contributed by atoms with van der Waals surface area (Å²) in [6, 6.07) is 18.1. The first-order chi connectivity index (χ1) is 14.9. The van der Waals surface area contributed by atoms with Crippen molar-refractivity contribution in [3.05, 3.63) is 84.2 Å². The molecule has 0 aliphatic carbocycles. The van der Waals surface area contributed by atoms with E-state index in [0.29, 0.717) is 17.1 Å². The second-order valence-electron chi connectivity index (χ2n) is 6.57. The molecule has 1 aromatic heterocycles. The van der Waals surface area contributed by atoms with Gasteiger partial charge in [-0.2, -0.15) is 5.10 Å². The summed E-state index contributed by atoms with van der Waals surface area (Å²) < 4.78 is 32.7. The predicted octanol–water partition coefficient (Wildman–Crippen LogP) is 2.74. The first-order valence-corrected chi connectivity index (χ1v) is 10.8. The molecule has 0 bridgehead atoms. The number of carbonyl (C=O) groups excluding carboxylic acids is 1. The maximum absolute atomic E-state index is 13.3. The highest BCUT2D eigenvalue weighted by molar-refractivity contribution is 7.92. The number of aryl methyl sites for hydroxylation is 1. The largest absolute Gasteiger partial charge is 0.497 e. The van der Waals surface area contributed by atoms with Crippen LogP contribution in [0.25, 0.3) is 0 Å². The number of hydrogen-bond acceptors (Lipinski definition) is 6. The third-order valence-electron chi connectivity index (χ3n) is 4.33. The molecule has 1 heterocycles. The average molecular weight is 439 g/mol. The number of nitrogens with zero attached hydrogens (tertiary/aromatic N) is 3. The molecule has 8 nitrogen and oxygen atoms in total. The van der Waals surface area contributed by atoms with E-state index in [0.717, 1.165) is 9.87 Å². The standard InChI is InChI=1S/C22H22N4O4S/c1-17-6-8-19(9-7-17)26(31(28,29)21-12-10-20(30-2)11-13-21)16-22(27)25-24-15-18-5-3-4-14-23-18/h3-15H,16H2,1-2H3,(H,25,27)/b24-15-. The number of hydrogen-bond donors (Lipinski definition) is 1. The number of pyridine rings is 1. The van der Waals surface area contributed by atoms with Crippen molar-refractivity contribution in [1.29, 1.82) is 0 Å². The van der Waals surface area contributed by atoms with Crippen molar-refractivity contribution in [2.24, 2.45) is 5.10 Å². The molecule has 0 atom stereocenters. The number of anilines is 1. The minimum absolute atomic E-state index is 0.0404. The summed E-state index contributed by atoms with van der Waals surface area (Å²) >= 11 is 0. The Balaban J connectivity index is 1.84. The molecule has 3 rings (SSSR count). The molecule has 0 unspecified atom stereocenters. The first-order valence-electron chi connectivity index (χ1n) is 9.36. The highest BCUT2D eigenvalue weighted by Gasteiger charge is 2.27. The molecule has 0 radical (unpaired) electrons. The van der Waals surface area contributed by atoms with Gasteiger partial charge in [0, 0.05) is 6.20 Å². The lowest BCUT2D eigenvalue weighted by Crippen LogP contribution is -2.39. The first kappa shape index (κ1) is 22.0. The number of rotatable bonds is 8. The molecule has 0 fully saturated rings. The van der Waals surface area contributed by atoms with Gasteiger partial charge in [-0.05, 0) is 55.5 Å². The zero-order valence-electron chi connectivity index (χ0n) is 17.1. The number of aromatic nitrogens is 1. The van der Waals surface area contributed by atoms with Crippen LogP contribution in [0, 0.1) is 6.92 Å². The Morgan fingerprint density at radius 3 is 2.42 bits per heavy atom. The molecule has 0 saturated carbocycles. The molecule has 1 N–H and O–H groups in total. The van der Waals surface area contributed by atoms with Gasteiger partial charge in [-0.15, -0.1) is 0 Å². The van der Waals surface area contributed by atoms with Crippen LogP contribution in [0.4, 0.5) is 5.69 Å². The summed E-state index contributed by atoms with van der Waals surface area (Å²) in [6.45, 7) is 1.45. The third-order valence-corrected chi connectivity index (χ3v) is 6.12. The second-order valence-corrected chi connectivity index (χ2v) is 8.43. The van der Waals surface area contributed by atoms with Crippen LogP contribution >= 0.6 is 0 Å². The fraction of sp³-hybridized carbons (Fsp3) is 0.136. The molecular formula is C22H22N4O4S. The highest BCUT2D eigenvalue weighted by atomic mass is 32.2. The van der Waals surface area contributed by atoms with E-state index < -0.39 is 22.5 Å². The monoisotopic (exact) mass is 438 g/mol. The lowest BCUT2D eigenvalue weighted by molar-refractivity contribution is -0.119. The maximum Gasteiger partial charge on any atom is 0.264 e. The number of methoxy groups -OCH3 is 1. The van der Waals surface area contributed by atoms with Crippen molar-refractivity contribution in [2.75, 3.05) is 18.0 Å². The van der Waals surface area contributed by atoms with Gasteiger partial charge in [-0.25, -0.2) is 13.8 Å². The van der Waals surface area contributed by atoms with E-state index in [1.165, 1.54) is 25.5 Å². The maximum atomic E-state index is 13.3. The van der Waals surface area contributed by atoms with E-state index in [1.807, 2.05) is 6.92 Å². The molecule has 0 aliphatic rings. The summed E-state index contributed by atoms with van der Waals surface area (Å²) in [5.74, 6) is -0.0627. The number of ether oxygens (including phenoxy) is 1. The molecule has 31 heavy (non-hydrogen) atoms. The molecular weight excluding hydrogens is 416 g/mol. The Hall–Kier alpha value is -3.72. The molecule has 1 amide bonds. The zero-order valence-corrected chi connectivity index (χ0v) is 17.9. The quantitative estimate of drug-likeness (QED) is 0.431. The molecule has 0 saturated heterocycles. The number of carbonyl (C=O) groups is 1. The number of nitrogens with one attached hydrogen (secondary N) is 1. The van der Waals surface area contributed by atoms with Crippen molar-refractivity contribution < 1.29 is 17.9 Å². The van der Waals surface area contributed by atoms with E-state index in [9.17, 15) is 13.2 Å². The summed E-state index contributed by atoms with van der Waals surface area (Å²) in [6.07, 6.45) is 2.98. The van der Waals surface area contributed by atoms with Crippen molar-refractivity contribution >= 4 is 27.8 Å². The van der Waals surface area contributed by atoms with Gasteiger partial charge < -0.3 is 4.74 Å². The topological polar surface area (TPSA) is 101 Å². The van der Waals surface area contributed by atoms with Gasteiger partial charge in [0.05, 0.1) is 29.6 Å². The predicted molar refractivity (Wildman–Crippen MR) is 119 cm³/mol. The molecule has 160 valence electrons. The van der Waals surface area contributed by atoms with Crippen LogP contribution in [0.5, 0.6) is 5.75 Å². The van der Waals surface area contributed by atoms with Crippen LogP contribution in [0.1, 0.15) is 11.3 Å². The Morgan fingerprint density at radius 1 is 1.10 bits per heavy atom. The number of sulfonamides is 1. The van der Waals surface area contributed by atoms with E-state index >= 15 is 0 Å². The highest BCUT2D eigenvalue weighted by Crippen LogP contribution is 2.25. The second kappa shape index (κ2) is 9.86. The van der Waals surface area contributed by atoms with E-state index in [-0.39, 0.29) is 4.90 Å². The van der Waals surface area contributed by atoms with Gasteiger partial charge in [0.25, 0.3) is 15.9 Å². The number of amides is 1. The number of benzene rings is 2. The van der Waals surface area contributed by atoms with Crippen molar-refractivity contribution in [1.82, 2.24) is 10.4 Å². The SMILES string of the molecule is COc1ccc(S(=O)(=O)N(CC(=O)N/N=C\c2ccccn2)c2ccc(C)cc2)cc1. The average Bonchev–Trinajstić information content (AvgIpc) is 2.79. The minimum Gasteiger partial charge on any atom is -0.497 e. The van der Waals surface area contributed by atoms with Crippen molar-refractivity contribution in [2.45, 2.75) is 11.8 Å². The molecule has 0 aliphatic heterocycles. The van der Waals surface area contributed by atoms with Crippen molar-refractivity contribution in [3.63, 3.8) is 0 Å². The Bertz CT molecular complexity index is 1150. The summed E-state index contributed by atoms with van der Waals surface area (Å²) in [5.41, 5.74) is 4.24. The van der Waals surface area contributed by atoms with Crippen molar-refractivity contribution in [3.8, 4) is 5.75 Å². The van der Waals surface area contributed by atoms with Gasteiger partial charge in [-0.1, -0.05) is 23.8 Å². The Kier molecular flexibility index (Phi) is 6.99. The van der Waals surface area contributed by atoms with Gasteiger partial charge in [-0.3, -0.25) is 14.1 Å². The van der Waals surface area contributed by atoms with Gasteiger partial charge in [0.1, 0.15) is 12.3 Å². The summed E-state index contributed by atoms with van der Waals surface area (Å²) in [5, 5.41) is 3.85. The Morgan fingerprint density at radius 2 is 1.81 bits per heavy atom. The minimum atomic E-state index is -4.01. The summed E-state index contributed by atoms with van der Waals surface area (Å²) in [7, 11) is -2.51. The Labute approximate surface area is 181 Å². The van der Waals surface area contributed by atoms with Gasteiger partial charge in [0.2, 0.25) is 0 Å². The summed E-state index contributed by atoms with van der Waals surface area (Å²) in [4.78, 5) is 16.6. The lowest BCUT2D eigenvalue weighted by atomic mass is 10.2. The van der Waals surface area contributed by atoms with Crippen LogP contribution in [-0.4, -0.2) is 39.2 Å². The van der Waals surface area contributed by atoms with Crippen LogP contribution in [0.2, 0.25) is 0 Å². The molecule has 2 aromatic carbocycles. The van der Waals surface area contributed by atoms with Crippen LogP contribution in [-0.2, 0) is 14.8 Å². The fourth-order valence-corrected chi connectivity index (χ4v) is 4.11. The molecule has 3 aromatic rings. The smallest absolute Gasteiger partial charge is 0.264 e. The van der Waals surface area contributed by atoms with Gasteiger partial charge >= 0.3 is 0 Å². The molecule has 9 heteroatoms. The molecule has 0 spiro atoms. The van der Waals surface area contributed by atoms with Crippen LogP contribution < -0.4 is 14.5 Å². The zero-order chi connectivity index (χ0) is 22.3. The lowest BCUT2D eigenvalue weighted by Gasteiger charge is -2.24.